The summed E-state index contributed by atoms with van der Waals surface area (Å²) in [5.74, 6) is -2.27. The lowest BCUT2D eigenvalue weighted by Gasteiger charge is -2.38. The molecule has 2 saturated carbocycles. The first-order valence-corrected chi connectivity index (χ1v) is 26.0. The molecule has 1 aromatic carbocycles. The van der Waals surface area contributed by atoms with Gasteiger partial charge in [0.1, 0.15) is 35.2 Å². The third-order valence-electron chi connectivity index (χ3n) is 13.6. The van der Waals surface area contributed by atoms with Crippen molar-refractivity contribution in [1.29, 1.82) is 0 Å². The molecule has 3 N–H and O–H groups in total. The van der Waals surface area contributed by atoms with Gasteiger partial charge in [0, 0.05) is 49.3 Å². The van der Waals surface area contributed by atoms with Crippen molar-refractivity contribution in [3.8, 4) is 33.3 Å². The number of nitrogens with one attached hydrogen (secondary N) is 3. The maximum Gasteiger partial charge on any atom is 0.430 e. The number of allylic oxidation sites excluding steroid dienone is 1. The number of hydrogen-bond donors (Lipinski definition) is 3. The number of rotatable bonds is 12. The first-order valence-electron chi connectivity index (χ1n) is 23.6. The molecule has 2 aromatic heterocycles. The topological polar surface area (TPSA) is 214 Å². The number of sulfonamides is 1. The minimum absolute atomic E-state index is 0.0381. The highest BCUT2D eigenvalue weighted by molar-refractivity contribution is 7.91. The van der Waals surface area contributed by atoms with Crippen molar-refractivity contribution in [3.05, 3.63) is 60.3 Å². The van der Waals surface area contributed by atoms with Gasteiger partial charge in [-0.05, 0) is 96.9 Å². The Morgan fingerprint density at radius 3 is 2.47 bits per heavy atom. The molecule has 0 bridgehead atoms. The van der Waals surface area contributed by atoms with Gasteiger partial charge in [0.2, 0.25) is 27.4 Å². The van der Waals surface area contributed by atoms with E-state index in [4.69, 9.17) is 28.7 Å². The van der Waals surface area contributed by atoms with Crippen molar-refractivity contribution >= 4 is 45.2 Å². The Labute approximate surface area is 408 Å². The van der Waals surface area contributed by atoms with Crippen molar-refractivity contribution < 1.29 is 64.5 Å². The SMILES string of the molecule is CCC1OC(C)CCC=CC2CC2(C(=O)NS(=O)(=O)C2(C)CC2)NC(=O)C2CC(Oc3cc(-c4ccc(OC(C)C)cc4)nc(-c4cncs4)c3)CN2C(=O)C1NC(=O)OC1(C(F)(F)F)CCCOC1. The summed E-state index contributed by atoms with van der Waals surface area (Å²) < 4.78 is 101. The van der Waals surface area contributed by atoms with E-state index in [0.29, 0.717) is 48.6 Å². The van der Waals surface area contributed by atoms with Crippen LogP contribution in [0.4, 0.5) is 18.0 Å². The summed E-state index contributed by atoms with van der Waals surface area (Å²) in [4.78, 5) is 69.0. The van der Waals surface area contributed by atoms with Crippen LogP contribution in [0.3, 0.4) is 0 Å². The van der Waals surface area contributed by atoms with E-state index in [1.165, 1.54) is 18.3 Å². The molecule has 2 saturated heterocycles. The number of fused-ring (bicyclic) bond motifs is 2. The number of alkyl halides is 3. The number of ether oxygens (including phenoxy) is 5. The normalized spacial score (nSPS) is 29.1. The van der Waals surface area contributed by atoms with E-state index in [0.717, 1.165) is 15.3 Å². The molecule has 3 aromatic rings. The quantitative estimate of drug-likeness (QED) is 0.163. The predicted octanol–water partition coefficient (Wildman–Crippen LogP) is 6.62. The Morgan fingerprint density at radius 2 is 1.83 bits per heavy atom. The minimum Gasteiger partial charge on any atom is -0.491 e. The third-order valence-corrected chi connectivity index (χ3v) is 16.5. The van der Waals surface area contributed by atoms with E-state index in [9.17, 15) is 36.0 Å². The molecule has 0 spiro atoms. The highest BCUT2D eigenvalue weighted by Crippen LogP contribution is 2.48. The second-order valence-electron chi connectivity index (χ2n) is 19.3. The molecular formula is C48H59F3N6O11S2. The van der Waals surface area contributed by atoms with E-state index in [-0.39, 0.29) is 44.9 Å². The molecule has 8 rings (SSSR count). The zero-order valence-electron chi connectivity index (χ0n) is 39.6. The van der Waals surface area contributed by atoms with Crippen LogP contribution in [0.2, 0.25) is 0 Å². The standard InChI is InChI=1S/C48H59F3N6O11S2/c1-6-38-40(54-44(61)68-46(48(49,50)51)16-9-19-64-26-46)42(59)57-25-34(67-33-20-35(53-36(21-33)39-24-52-27-69-39)30-12-14-32(15-13-30)65-28(2)3)22-37(57)41(58)55-47(23-31(47)11-8-7-10-29(4)66-38)43(60)56-70(62,63)45(5)17-18-45/h8,11-15,20-21,24,27-29,31,34,37-38,40H,6-7,9-10,16-19,22-23,25-26H2,1-5H3,(H,54,61)(H,55,58)(H,56,60). The van der Waals surface area contributed by atoms with Gasteiger partial charge in [-0.1, -0.05) is 19.1 Å². The summed E-state index contributed by atoms with van der Waals surface area (Å²) in [5, 5.41) is 5.22. The van der Waals surface area contributed by atoms with Gasteiger partial charge in [-0.25, -0.2) is 18.2 Å². The molecular weight excluding hydrogens is 958 g/mol. The number of carbonyl (C=O) groups is 4. The van der Waals surface area contributed by atoms with Gasteiger partial charge in [0.15, 0.2) is 0 Å². The lowest BCUT2D eigenvalue weighted by atomic mass is 9.96. The first-order chi connectivity index (χ1) is 33.1. The van der Waals surface area contributed by atoms with Crippen LogP contribution in [0.5, 0.6) is 11.5 Å². The summed E-state index contributed by atoms with van der Waals surface area (Å²) in [6, 6.07) is 7.64. The molecule has 70 heavy (non-hydrogen) atoms. The molecule has 8 atom stereocenters. The molecule has 0 radical (unpaired) electrons. The number of aromatic nitrogens is 2. The monoisotopic (exact) mass is 1020 g/mol. The zero-order valence-corrected chi connectivity index (χ0v) is 41.2. The fourth-order valence-corrected chi connectivity index (χ4v) is 11.0. The van der Waals surface area contributed by atoms with Crippen molar-refractivity contribution in [2.75, 3.05) is 19.8 Å². The van der Waals surface area contributed by atoms with Gasteiger partial charge in [-0.15, -0.1) is 11.3 Å². The molecule has 4 amide bonds. The fraction of sp³-hybridized carbons (Fsp3) is 0.583. The summed E-state index contributed by atoms with van der Waals surface area (Å²) >= 11 is 1.35. The molecule has 17 nitrogen and oxygen atoms in total. The number of amides is 4. The van der Waals surface area contributed by atoms with E-state index in [2.05, 4.69) is 20.3 Å². The van der Waals surface area contributed by atoms with Crippen LogP contribution >= 0.6 is 11.3 Å². The van der Waals surface area contributed by atoms with Gasteiger partial charge in [0.05, 0.1) is 58.0 Å². The third kappa shape index (κ3) is 10.9. The van der Waals surface area contributed by atoms with Gasteiger partial charge < -0.3 is 39.2 Å². The fourth-order valence-electron chi connectivity index (χ4n) is 9.13. The van der Waals surface area contributed by atoms with Gasteiger partial charge in [0.25, 0.3) is 5.91 Å². The molecule has 4 fully saturated rings. The predicted molar refractivity (Wildman–Crippen MR) is 250 cm³/mol. The molecule has 5 heterocycles. The number of carbonyl (C=O) groups excluding carboxylic acids is 4. The van der Waals surface area contributed by atoms with Crippen LogP contribution in [0.25, 0.3) is 21.8 Å². The Kier molecular flexibility index (Phi) is 14.6. The molecule has 5 aliphatic rings. The van der Waals surface area contributed by atoms with Crippen molar-refractivity contribution in [3.63, 3.8) is 0 Å². The first kappa shape index (κ1) is 51.0. The van der Waals surface area contributed by atoms with Crippen LogP contribution in [-0.4, -0.2) is 125 Å². The Morgan fingerprint density at radius 1 is 1.09 bits per heavy atom. The van der Waals surface area contributed by atoms with Crippen molar-refractivity contribution in [1.82, 2.24) is 30.2 Å². The summed E-state index contributed by atoms with van der Waals surface area (Å²) in [5.41, 5.74) is -1.26. The molecule has 3 aliphatic heterocycles. The van der Waals surface area contributed by atoms with E-state index >= 15 is 4.79 Å². The average Bonchev–Trinajstić information content (AvgIpc) is 4.06. The van der Waals surface area contributed by atoms with Crippen LogP contribution < -0.4 is 24.8 Å². The molecule has 380 valence electrons. The number of halogens is 3. The Balaban J connectivity index is 1.15. The highest BCUT2D eigenvalue weighted by atomic mass is 32.2. The maximum atomic E-state index is 15.2. The number of nitrogens with zero attached hydrogens (tertiary/aromatic N) is 3. The van der Waals surface area contributed by atoms with Crippen molar-refractivity contribution in [2.24, 2.45) is 5.92 Å². The average molecular weight is 1020 g/mol. The smallest absolute Gasteiger partial charge is 0.430 e. The van der Waals surface area contributed by atoms with Crippen LogP contribution in [-0.2, 0) is 38.6 Å². The molecule has 2 aliphatic carbocycles. The van der Waals surface area contributed by atoms with Crippen LogP contribution in [0.1, 0.15) is 92.4 Å². The highest BCUT2D eigenvalue weighted by Gasteiger charge is 2.64. The van der Waals surface area contributed by atoms with Gasteiger partial charge >= 0.3 is 12.3 Å². The van der Waals surface area contributed by atoms with E-state index in [1.807, 2.05) is 38.1 Å². The summed E-state index contributed by atoms with van der Waals surface area (Å²) in [7, 11) is -4.13. The van der Waals surface area contributed by atoms with Crippen LogP contribution in [0, 0.1) is 5.92 Å². The number of pyridine rings is 1. The van der Waals surface area contributed by atoms with E-state index in [1.54, 1.807) is 49.8 Å². The number of thiazole rings is 1. The largest absolute Gasteiger partial charge is 0.491 e. The van der Waals surface area contributed by atoms with Gasteiger partial charge in [-0.3, -0.25) is 24.1 Å². The lowest BCUT2D eigenvalue weighted by molar-refractivity contribution is -0.285. The number of alkyl carbamates (subject to hydrolysis) is 1. The summed E-state index contributed by atoms with van der Waals surface area (Å²) in [6.45, 7) is 7.62. The van der Waals surface area contributed by atoms with E-state index < -0.39 is 105 Å². The Bertz CT molecular complexity index is 2550. The van der Waals surface area contributed by atoms with Gasteiger partial charge in [-0.2, -0.15) is 13.2 Å². The van der Waals surface area contributed by atoms with Crippen molar-refractivity contribution in [2.45, 2.75) is 151 Å². The maximum absolute atomic E-state index is 15.2. The minimum atomic E-state index is -5.02. The summed E-state index contributed by atoms with van der Waals surface area (Å²) in [6.07, 6.45) is -3.14. The lowest BCUT2D eigenvalue weighted by Crippen LogP contribution is -2.62. The van der Waals surface area contributed by atoms with Crippen LogP contribution in [0.15, 0.2) is 60.3 Å². The Hall–Kier alpha value is -5.32. The zero-order chi connectivity index (χ0) is 50.2. The second kappa shape index (κ2) is 20.1. The number of benzene rings is 1. The molecule has 22 heteroatoms. The number of hydrogen-bond acceptors (Lipinski definition) is 14. The second-order valence-corrected chi connectivity index (χ2v) is 22.4. The molecule has 8 unspecified atom stereocenters.